The van der Waals surface area contributed by atoms with Crippen LogP contribution in [0.15, 0.2) is 6.20 Å². The summed E-state index contributed by atoms with van der Waals surface area (Å²) < 4.78 is 0. The molecule has 0 atom stereocenters. The van der Waals surface area contributed by atoms with Gasteiger partial charge in [0.15, 0.2) is 0 Å². The lowest BCUT2D eigenvalue weighted by atomic mass is 10.3. The summed E-state index contributed by atoms with van der Waals surface area (Å²) in [5.41, 5.74) is 6.70. The van der Waals surface area contributed by atoms with E-state index in [9.17, 15) is 0 Å². The molecule has 1 aromatic heterocycles. The second-order valence-electron chi connectivity index (χ2n) is 3.35. The maximum absolute atomic E-state index is 5.45. The Kier molecular flexibility index (Phi) is 2.14. The molecule has 0 unspecified atom stereocenters. The summed E-state index contributed by atoms with van der Waals surface area (Å²) in [5.74, 6) is 1.94. The highest BCUT2D eigenvalue weighted by molar-refractivity contribution is 5.50. The van der Waals surface area contributed by atoms with Crippen molar-refractivity contribution < 1.29 is 0 Å². The number of nitrogens with two attached hydrogens (primary N) is 1. The molecule has 1 aromatic rings. The van der Waals surface area contributed by atoms with Gasteiger partial charge in [0.25, 0.3) is 0 Å². The fourth-order valence-corrected chi connectivity index (χ4v) is 1.58. The van der Waals surface area contributed by atoms with E-state index < -0.39 is 0 Å². The van der Waals surface area contributed by atoms with E-state index in [-0.39, 0.29) is 0 Å². The molecular formula is C9H14N4. The molecule has 2 heterocycles. The summed E-state index contributed by atoms with van der Waals surface area (Å²) in [4.78, 5) is 10.9. The Bertz CT molecular complexity index is 310. The van der Waals surface area contributed by atoms with Crippen LogP contribution in [0.1, 0.15) is 11.4 Å². The molecular weight excluding hydrogens is 164 g/mol. The van der Waals surface area contributed by atoms with Crippen molar-refractivity contribution in [3.05, 3.63) is 17.6 Å². The Balaban J connectivity index is 2.31. The molecule has 0 amide bonds. The summed E-state index contributed by atoms with van der Waals surface area (Å²) in [6, 6.07) is 0. The zero-order valence-corrected chi connectivity index (χ0v) is 7.82. The predicted octanol–water partition coefficient (Wildman–Crippen LogP) is -0.0299. The van der Waals surface area contributed by atoms with Crippen LogP contribution in [0, 0.1) is 0 Å². The van der Waals surface area contributed by atoms with Gasteiger partial charge in [-0.2, -0.15) is 0 Å². The van der Waals surface area contributed by atoms with Gasteiger partial charge in [-0.25, -0.2) is 9.97 Å². The number of nitrogens with zero attached hydrogens (tertiary/aromatic N) is 3. The monoisotopic (exact) mass is 178 g/mol. The molecule has 1 aliphatic heterocycles. The van der Waals surface area contributed by atoms with Crippen molar-refractivity contribution in [3.8, 4) is 0 Å². The van der Waals surface area contributed by atoms with Crippen molar-refractivity contribution in [3.63, 3.8) is 0 Å². The van der Waals surface area contributed by atoms with Crippen molar-refractivity contribution in [2.45, 2.75) is 12.8 Å². The number of aromatic nitrogens is 2. The third-order valence-electron chi connectivity index (χ3n) is 2.34. The van der Waals surface area contributed by atoms with Crippen molar-refractivity contribution in [2.24, 2.45) is 5.73 Å². The number of likely N-dealkylation sites (N-methyl/N-ethyl adjacent to an activating group) is 1. The topological polar surface area (TPSA) is 55.0 Å². The van der Waals surface area contributed by atoms with Crippen LogP contribution in [0.4, 0.5) is 5.82 Å². The second kappa shape index (κ2) is 3.30. The minimum Gasteiger partial charge on any atom is -0.359 e. The van der Waals surface area contributed by atoms with Crippen LogP contribution >= 0.6 is 0 Å². The summed E-state index contributed by atoms with van der Waals surface area (Å²) in [6.07, 6.45) is 3.76. The molecule has 1 aliphatic rings. The van der Waals surface area contributed by atoms with E-state index >= 15 is 0 Å². The third kappa shape index (κ3) is 1.49. The first kappa shape index (κ1) is 8.44. The summed E-state index contributed by atoms with van der Waals surface area (Å²) in [7, 11) is 2.06. The largest absolute Gasteiger partial charge is 0.359 e. The van der Waals surface area contributed by atoms with Gasteiger partial charge >= 0.3 is 0 Å². The molecule has 2 N–H and O–H groups in total. The first-order valence-electron chi connectivity index (χ1n) is 4.57. The van der Waals surface area contributed by atoms with Crippen LogP contribution < -0.4 is 10.6 Å². The first-order chi connectivity index (χ1) is 6.31. The predicted molar refractivity (Wildman–Crippen MR) is 51.8 cm³/mol. The van der Waals surface area contributed by atoms with Gasteiger partial charge in [0, 0.05) is 31.8 Å². The van der Waals surface area contributed by atoms with E-state index in [2.05, 4.69) is 21.9 Å². The van der Waals surface area contributed by atoms with E-state index in [1.165, 1.54) is 5.56 Å². The average molecular weight is 178 g/mol. The Morgan fingerprint density at radius 1 is 1.62 bits per heavy atom. The molecule has 0 radical (unpaired) electrons. The van der Waals surface area contributed by atoms with Crippen molar-refractivity contribution in [1.29, 1.82) is 0 Å². The zero-order valence-electron chi connectivity index (χ0n) is 7.82. The number of rotatable bonds is 2. The maximum Gasteiger partial charge on any atom is 0.135 e. The zero-order chi connectivity index (χ0) is 9.26. The number of fused-ring (bicyclic) bond motifs is 1. The molecule has 4 heteroatoms. The third-order valence-corrected chi connectivity index (χ3v) is 2.34. The fraction of sp³-hybridized carbons (Fsp3) is 0.556. The van der Waals surface area contributed by atoms with E-state index in [1.54, 1.807) is 0 Å². The van der Waals surface area contributed by atoms with Crippen LogP contribution in [0.25, 0.3) is 0 Å². The molecule has 0 aromatic carbocycles. The average Bonchev–Trinajstić information content (AvgIpc) is 2.49. The molecule has 4 nitrogen and oxygen atoms in total. The molecule has 70 valence electrons. The molecule has 2 rings (SSSR count). The lowest BCUT2D eigenvalue weighted by molar-refractivity contribution is 0.859. The van der Waals surface area contributed by atoms with Crippen LogP contribution in [0.3, 0.4) is 0 Å². The highest BCUT2D eigenvalue weighted by atomic mass is 15.2. The van der Waals surface area contributed by atoms with Gasteiger partial charge in [-0.3, -0.25) is 0 Å². The smallest absolute Gasteiger partial charge is 0.135 e. The normalized spacial score (nSPS) is 14.8. The Morgan fingerprint density at radius 3 is 3.23 bits per heavy atom. The van der Waals surface area contributed by atoms with Crippen LogP contribution in [-0.4, -0.2) is 30.1 Å². The number of hydrogen-bond donors (Lipinski definition) is 1. The van der Waals surface area contributed by atoms with E-state index in [1.807, 2.05) is 6.20 Å². The van der Waals surface area contributed by atoms with Crippen LogP contribution in [0.5, 0.6) is 0 Å². The van der Waals surface area contributed by atoms with E-state index in [0.717, 1.165) is 31.0 Å². The SMILES string of the molecule is CN1CCc2cnc(CCN)nc21. The number of anilines is 1. The van der Waals surface area contributed by atoms with Gasteiger partial charge in [-0.1, -0.05) is 0 Å². The Labute approximate surface area is 77.8 Å². The second-order valence-corrected chi connectivity index (χ2v) is 3.35. The number of hydrogen-bond acceptors (Lipinski definition) is 4. The molecule has 0 spiro atoms. The van der Waals surface area contributed by atoms with E-state index in [4.69, 9.17) is 5.73 Å². The lowest BCUT2D eigenvalue weighted by Crippen LogP contribution is -2.15. The quantitative estimate of drug-likeness (QED) is 0.691. The van der Waals surface area contributed by atoms with Crippen LogP contribution in [0.2, 0.25) is 0 Å². The molecule has 0 aliphatic carbocycles. The van der Waals surface area contributed by atoms with Crippen molar-refractivity contribution >= 4 is 5.82 Å². The molecule has 0 saturated heterocycles. The Hall–Kier alpha value is -1.16. The molecule has 13 heavy (non-hydrogen) atoms. The minimum absolute atomic E-state index is 0.614. The van der Waals surface area contributed by atoms with Crippen molar-refractivity contribution in [2.75, 3.05) is 25.0 Å². The van der Waals surface area contributed by atoms with Gasteiger partial charge in [0.05, 0.1) is 0 Å². The molecule has 0 bridgehead atoms. The van der Waals surface area contributed by atoms with Gasteiger partial charge in [0.1, 0.15) is 11.6 Å². The summed E-state index contributed by atoms with van der Waals surface area (Å²) in [5, 5.41) is 0. The summed E-state index contributed by atoms with van der Waals surface area (Å²) in [6.45, 7) is 1.67. The van der Waals surface area contributed by atoms with Gasteiger partial charge in [-0.15, -0.1) is 0 Å². The van der Waals surface area contributed by atoms with Crippen molar-refractivity contribution in [1.82, 2.24) is 9.97 Å². The first-order valence-corrected chi connectivity index (χ1v) is 4.57. The van der Waals surface area contributed by atoms with Gasteiger partial charge < -0.3 is 10.6 Å². The standard InChI is InChI=1S/C9H14N4/c1-13-5-3-7-6-11-8(2-4-10)12-9(7)13/h6H,2-5,10H2,1H3. The highest BCUT2D eigenvalue weighted by Gasteiger charge is 2.17. The highest BCUT2D eigenvalue weighted by Crippen LogP contribution is 2.22. The molecule has 0 fully saturated rings. The van der Waals surface area contributed by atoms with E-state index in [0.29, 0.717) is 6.54 Å². The summed E-state index contributed by atoms with van der Waals surface area (Å²) >= 11 is 0. The minimum atomic E-state index is 0.614. The van der Waals surface area contributed by atoms with Gasteiger partial charge in [-0.05, 0) is 13.0 Å². The lowest BCUT2D eigenvalue weighted by Gasteiger charge is -2.10. The Morgan fingerprint density at radius 2 is 2.46 bits per heavy atom. The maximum atomic E-state index is 5.45. The van der Waals surface area contributed by atoms with Crippen LogP contribution in [-0.2, 0) is 12.8 Å². The van der Waals surface area contributed by atoms with Gasteiger partial charge in [0.2, 0.25) is 0 Å². The fourth-order valence-electron chi connectivity index (χ4n) is 1.58. The molecule has 0 saturated carbocycles.